The van der Waals surface area contributed by atoms with Gasteiger partial charge in [-0.15, -0.1) is 0 Å². The van der Waals surface area contributed by atoms with Crippen molar-refractivity contribution in [3.8, 4) is 5.75 Å². The summed E-state index contributed by atoms with van der Waals surface area (Å²) in [6.45, 7) is 3.93. The molecule has 0 aliphatic heterocycles. The Morgan fingerprint density at radius 3 is 2.53 bits per heavy atom. The fourth-order valence-corrected chi connectivity index (χ4v) is 2.93. The third kappa shape index (κ3) is 1.58. The summed E-state index contributed by atoms with van der Waals surface area (Å²) >= 11 is 3.51. The molecule has 1 aliphatic carbocycles. The number of hydrogen-bond donors (Lipinski definition) is 2. The van der Waals surface area contributed by atoms with Gasteiger partial charge < -0.3 is 10.8 Å². The number of phenolic OH excluding ortho intramolecular Hbond substituents is 1. The Hall–Kier alpha value is -0.540. The van der Waals surface area contributed by atoms with Gasteiger partial charge in [0.25, 0.3) is 0 Å². The second kappa shape index (κ2) is 3.49. The number of phenols is 1. The van der Waals surface area contributed by atoms with Crippen molar-refractivity contribution in [2.45, 2.75) is 38.1 Å². The third-order valence-corrected chi connectivity index (χ3v) is 4.15. The maximum Gasteiger partial charge on any atom is 0.123 e. The molecule has 0 spiro atoms. The molecule has 15 heavy (non-hydrogen) atoms. The van der Waals surface area contributed by atoms with Crippen molar-refractivity contribution in [1.29, 1.82) is 0 Å². The van der Waals surface area contributed by atoms with E-state index in [1.54, 1.807) is 0 Å². The highest BCUT2D eigenvalue weighted by Gasteiger charge is 2.50. The van der Waals surface area contributed by atoms with E-state index in [-0.39, 0.29) is 11.5 Å². The van der Waals surface area contributed by atoms with Gasteiger partial charge in [-0.1, -0.05) is 22.0 Å². The molecular weight excluding hydrogens is 254 g/mol. The number of benzene rings is 1. The average molecular weight is 270 g/mol. The van der Waals surface area contributed by atoms with Crippen LogP contribution in [-0.2, 0) is 5.41 Å². The lowest BCUT2D eigenvalue weighted by molar-refractivity contribution is 0.442. The normalized spacial score (nSPS) is 20.0. The van der Waals surface area contributed by atoms with Crippen LogP contribution in [0.2, 0.25) is 0 Å². The van der Waals surface area contributed by atoms with E-state index < -0.39 is 0 Å². The fourth-order valence-electron chi connectivity index (χ4n) is 2.21. The zero-order chi connectivity index (χ0) is 11.2. The smallest absolute Gasteiger partial charge is 0.123 e. The summed E-state index contributed by atoms with van der Waals surface area (Å²) in [4.78, 5) is 0. The van der Waals surface area contributed by atoms with Crippen molar-refractivity contribution in [2.75, 3.05) is 0 Å². The molecule has 1 unspecified atom stereocenters. The highest BCUT2D eigenvalue weighted by atomic mass is 79.9. The van der Waals surface area contributed by atoms with E-state index >= 15 is 0 Å². The van der Waals surface area contributed by atoms with Crippen LogP contribution in [0.15, 0.2) is 16.6 Å². The SMILES string of the molecule is Cc1ccc(Br)c(C2(C(C)N)CC2)c1O. The molecule has 1 saturated carbocycles. The minimum Gasteiger partial charge on any atom is -0.507 e. The molecule has 1 aliphatic rings. The predicted octanol–water partition coefficient (Wildman–Crippen LogP) is 2.84. The molecule has 1 fully saturated rings. The van der Waals surface area contributed by atoms with Gasteiger partial charge in [-0.3, -0.25) is 0 Å². The van der Waals surface area contributed by atoms with Gasteiger partial charge in [0, 0.05) is 21.5 Å². The van der Waals surface area contributed by atoms with E-state index in [0.29, 0.717) is 5.75 Å². The molecule has 1 atom stereocenters. The van der Waals surface area contributed by atoms with E-state index in [1.165, 1.54) is 0 Å². The lowest BCUT2D eigenvalue weighted by Crippen LogP contribution is -2.32. The number of aryl methyl sites for hydroxylation is 1. The number of hydrogen-bond acceptors (Lipinski definition) is 2. The van der Waals surface area contributed by atoms with Crippen molar-refractivity contribution in [3.63, 3.8) is 0 Å². The summed E-state index contributed by atoms with van der Waals surface area (Å²) in [5.41, 5.74) is 7.93. The van der Waals surface area contributed by atoms with Crippen LogP contribution in [-0.4, -0.2) is 11.1 Å². The third-order valence-electron chi connectivity index (χ3n) is 3.49. The van der Waals surface area contributed by atoms with Crippen molar-refractivity contribution >= 4 is 15.9 Å². The lowest BCUT2D eigenvalue weighted by atomic mass is 9.87. The van der Waals surface area contributed by atoms with Gasteiger partial charge in [-0.05, 0) is 38.3 Å². The van der Waals surface area contributed by atoms with E-state index in [4.69, 9.17) is 5.73 Å². The number of rotatable bonds is 2. The largest absolute Gasteiger partial charge is 0.507 e. The minimum absolute atomic E-state index is 0.00502. The first kappa shape index (κ1) is 11.0. The average Bonchev–Trinajstić information content (AvgIpc) is 2.93. The molecule has 2 nitrogen and oxygen atoms in total. The Bertz CT molecular complexity index is 397. The first-order valence-electron chi connectivity index (χ1n) is 5.23. The minimum atomic E-state index is -0.00502. The van der Waals surface area contributed by atoms with Crippen molar-refractivity contribution in [3.05, 3.63) is 27.7 Å². The maximum atomic E-state index is 10.1. The Morgan fingerprint density at radius 2 is 2.07 bits per heavy atom. The molecule has 82 valence electrons. The van der Waals surface area contributed by atoms with Gasteiger partial charge in [0.15, 0.2) is 0 Å². The Balaban J connectivity index is 2.57. The quantitative estimate of drug-likeness (QED) is 0.868. The number of aromatic hydroxyl groups is 1. The monoisotopic (exact) mass is 269 g/mol. The number of halogens is 1. The van der Waals surface area contributed by atoms with Crippen LogP contribution in [0.4, 0.5) is 0 Å². The van der Waals surface area contributed by atoms with Crippen molar-refractivity contribution in [1.82, 2.24) is 0 Å². The van der Waals surface area contributed by atoms with E-state index in [9.17, 15) is 5.11 Å². The fraction of sp³-hybridized carbons (Fsp3) is 0.500. The molecule has 0 radical (unpaired) electrons. The summed E-state index contributed by atoms with van der Waals surface area (Å²) in [7, 11) is 0. The molecule has 1 aromatic rings. The molecule has 3 heteroatoms. The summed E-state index contributed by atoms with van der Waals surface area (Å²) in [6, 6.07) is 3.99. The van der Waals surface area contributed by atoms with Crippen LogP contribution in [0.5, 0.6) is 5.75 Å². The van der Waals surface area contributed by atoms with Crippen molar-refractivity contribution < 1.29 is 5.11 Å². The maximum absolute atomic E-state index is 10.1. The van der Waals surface area contributed by atoms with E-state index in [2.05, 4.69) is 15.9 Å². The topological polar surface area (TPSA) is 46.2 Å². The summed E-state index contributed by atoms with van der Waals surface area (Å²) < 4.78 is 0.973. The predicted molar refractivity (Wildman–Crippen MR) is 65.1 cm³/mol. The molecule has 0 bridgehead atoms. The van der Waals surface area contributed by atoms with Gasteiger partial charge >= 0.3 is 0 Å². The van der Waals surface area contributed by atoms with E-state index in [1.807, 2.05) is 26.0 Å². The standard InChI is InChI=1S/C12H16BrNO/c1-7-3-4-9(13)10(11(7)15)12(5-6-12)8(2)14/h3-4,8,15H,5-6,14H2,1-2H3. The summed E-state index contributed by atoms with van der Waals surface area (Å²) in [6.07, 6.45) is 2.14. The molecular formula is C12H16BrNO. The van der Waals surface area contributed by atoms with Crippen LogP contribution >= 0.6 is 15.9 Å². The van der Waals surface area contributed by atoms with Crippen LogP contribution in [0.3, 0.4) is 0 Å². The van der Waals surface area contributed by atoms with Crippen LogP contribution < -0.4 is 5.73 Å². The van der Waals surface area contributed by atoms with Gasteiger partial charge in [0.2, 0.25) is 0 Å². The van der Waals surface area contributed by atoms with Crippen LogP contribution in [0, 0.1) is 6.92 Å². The van der Waals surface area contributed by atoms with Gasteiger partial charge in [-0.25, -0.2) is 0 Å². The zero-order valence-electron chi connectivity index (χ0n) is 9.05. The Morgan fingerprint density at radius 1 is 1.47 bits per heavy atom. The van der Waals surface area contributed by atoms with E-state index in [0.717, 1.165) is 28.4 Å². The first-order chi connectivity index (χ1) is 6.99. The highest BCUT2D eigenvalue weighted by molar-refractivity contribution is 9.10. The van der Waals surface area contributed by atoms with Gasteiger partial charge in [0.05, 0.1) is 0 Å². The van der Waals surface area contributed by atoms with Gasteiger partial charge in [0.1, 0.15) is 5.75 Å². The molecule has 0 aromatic heterocycles. The molecule has 0 heterocycles. The molecule has 1 aromatic carbocycles. The molecule has 3 N–H and O–H groups in total. The zero-order valence-corrected chi connectivity index (χ0v) is 10.6. The Kier molecular flexibility index (Phi) is 2.55. The highest BCUT2D eigenvalue weighted by Crippen LogP contribution is 2.55. The van der Waals surface area contributed by atoms with Crippen LogP contribution in [0.1, 0.15) is 30.9 Å². The first-order valence-corrected chi connectivity index (χ1v) is 6.02. The molecule has 2 rings (SSSR count). The summed E-state index contributed by atoms with van der Waals surface area (Å²) in [5, 5.41) is 10.1. The van der Waals surface area contributed by atoms with Gasteiger partial charge in [-0.2, -0.15) is 0 Å². The number of nitrogens with two attached hydrogens (primary N) is 1. The van der Waals surface area contributed by atoms with Crippen LogP contribution in [0.25, 0.3) is 0 Å². The summed E-state index contributed by atoms with van der Waals surface area (Å²) in [5.74, 6) is 0.402. The lowest BCUT2D eigenvalue weighted by Gasteiger charge is -2.23. The second-order valence-electron chi connectivity index (χ2n) is 4.53. The molecule has 0 saturated heterocycles. The Labute approximate surface area is 98.6 Å². The molecule has 0 amide bonds. The second-order valence-corrected chi connectivity index (χ2v) is 5.39. The van der Waals surface area contributed by atoms with Crippen molar-refractivity contribution in [2.24, 2.45) is 5.73 Å².